The van der Waals surface area contributed by atoms with E-state index in [4.69, 9.17) is 10.5 Å². The zero-order chi connectivity index (χ0) is 12.8. The van der Waals surface area contributed by atoms with Crippen LogP contribution in [0.2, 0.25) is 0 Å². The highest BCUT2D eigenvalue weighted by atomic mass is 16.6. The Morgan fingerprint density at radius 1 is 1.39 bits per heavy atom. The fourth-order valence-electron chi connectivity index (χ4n) is 1.85. The number of hydrogen-bond donors (Lipinski definition) is 2. The molecule has 0 bridgehead atoms. The molecule has 1 aromatic carbocycles. The molecule has 0 saturated carbocycles. The van der Waals surface area contributed by atoms with Gasteiger partial charge in [-0.25, -0.2) is 4.79 Å². The van der Waals surface area contributed by atoms with Crippen LogP contribution in [-0.2, 0) is 11.3 Å². The molecule has 18 heavy (non-hydrogen) atoms. The Morgan fingerprint density at radius 2 is 2.11 bits per heavy atom. The van der Waals surface area contributed by atoms with Crippen molar-refractivity contribution in [1.82, 2.24) is 10.2 Å². The number of nitrogens with two attached hydrogens (primary N) is 1. The molecule has 5 heteroatoms. The van der Waals surface area contributed by atoms with Crippen molar-refractivity contribution in [3.63, 3.8) is 0 Å². The summed E-state index contributed by atoms with van der Waals surface area (Å²) in [7, 11) is 0. The van der Waals surface area contributed by atoms with Gasteiger partial charge < -0.3 is 20.7 Å². The summed E-state index contributed by atoms with van der Waals surface area (Å²) in [5.41, 5.74) is 6.40. The number of carbonyl (C=O) groups excluding carboxylic acids is 1. The Balaban J connectivity index is 1.65. The largest absolute Gasteiger partial charge is 0.445 e. The zero-order valence-corrected chi connectivity index (χ0v) is 10.3. The SMILES string of the molecule is NCCNC1CN(C(=O)OCc2ccccc2)C1. The normalized spacial score (nSPS) is 15.3. The molecule has 3 N–H and O–H groups in total. The molecule has 0 unspecified atom stereocenters. The molecular weight excluding hydrogens is 230 g/mol. The molecule has 5 nitrogen and oxygen atoms in total. The number of nitrogens with zero attached hydrogens (tertiary/aromatic N) is 1. The van der Waals surface area contributed by atoms with Crippen LogP contribution in [0.3, 0.4) is 0 Å². The molecule has 1 heterocycles. The second-order valence-corrected chi connectivity index (χ2v) is 4.38. The fourth-order valence-corrected chi connectivity index (χ4v) is 1.85. The number of likely N-dealkylation sites (tertiary alicyclic amines) is 1. The Labute approximate surface area is 107 Å². The van der Waals surface area contributed by atoms with Crippen LogP contribution >= 0.6 is 0 Å². The summed E-state index contributed by atoms with van der Waals surface area (Å²) in [5.74, 6) is 0. The molecule has 1 saturated heterocycles. The van der Waals surface area contributed by atoms with Crippen LogP contribution in [0, 0.1) is 0 Å². The van der Waals surface area contributed by atoms with Gasteiger partial charge in [-0.05, 0) is 5.56 Å². The van der Waals surface area contributed by atoms with E-state index in [1.807, 2.05) is 30.3 Å². The first kappa shape index (κ1) is 12.9. The van der Waals surface area contributed by atoms with E-state index in [0.717, 1.165) is 12.1 Å². The van der Waals surface area contributed by atoms with Crippen LogP contribution in [0.5, 0.6) is 0 Å². The highest BCUT2D eigenvalue weighted by molar-refractivity contribution is 5.68. The third-order valence-corrected chi connectivity index (χ3v) is 2.92. The van der Waals surface area contributed by atoms with Crippen LogP contribution in [0.15, 0.2) is 30.3 Å². The maximum atomic E-state index is 11.7. The number of ether oxygens (including phenoxy) is 1. The summed E-state index contributed by atoms with van der Waals surface area (Å²) in [4.78, 5) is 13.4. The van der Waals surface area contributed by atoms with Crippen molar-refractivity contribution in [3.8, 4) is 0 Å². The molecule has 0 atom stereocenters. The minimum absolute atomic E-state index is 0.246. The van der Waals surface area contributed by atoms with Crippen LogP contribution in [-0.4, -0.2) is 43.2 Å². The minimum atomic E-state index is -0.246. The highest BCUT2D eigenvalue weighted by Gasteiger charge is 2.30. The van der Waals surface area contributed by atoms with Gasteiger partial charge in [-0.2, -0.15) is 0 Å². The van der Waals surface area contributed by atoms with E-state index >= 15 is 0 Å². The van der Waals surface area contributed by atoms with Gasteiger partial charge in [0.1, 0.15) is 6.61 Å². The predicted molar refractivity (Wildman–Crippen MR) is 69.0 cm³/mol. The molecule has 0 aliphatic carbocycles. The number of nitrogens with one attached hydrogen (secondary N) is 1. The van der Waals surface area contributed by atoms with E-state index in [-0.39, 0.29) is 6.09 Å². The Morgan fingerprint density at radius 3 is 2.78 bits per heavy atom. The lowest BCUT2D eigenvalue weighted by molar-refractivity contribution is 0.0606. The summed E-state index contributed by atoms with van der Waals surface area (Å²) in [6.07, 6.45) is -0.246. The van der Waals surface area contributed by atoms with E-state index in [2.05, 4.69) is 5.32 Å². The van der Waals surface area contributed by atoms with Crippen molar-refractivity contribution in [2.75, 3.05) is 26.2 Å². The van der Waals surface area contributed by atoms with Crippen LogP contribution in [0.25, 0.3) is 0 Å². The first-order chi connectivity index (χ1) is 8.79. The van der Waals surface area contributed by atoms with Gasteiger partial charge in [0.15, 0.2) is 0 Å². The summed E-state index contributed by atoms with van der Waals surface area (Å²) in [6, 6.07) is 10.0. The Bertz CT molecular complexity index is 377. The molecule has 1 fully saturated rings. The van der Waals surface area contributed by atoms with Crippen molar-refractivity contribution in [1.29, 1.82) is 0 Å². The molecule has 0 spiro atoms. The first-order valence-electron chi connectivity index (χ1n) is 6.18. The maximum Gasteiger partial charge on any atom is 0.410 e. The molecule has 0 radical (unpaired) electrons. The van der Waals surface area contributed by atoms with Crippen LogP contribution in [0.1, 0.15) is 5.56 Å². The van der Waals surface area contributed by atoms with Gasteiger partial charge in [-0.1, -0.05) is 30.3 Å². The Kier molecular flexibility index (Phi) is 4.55. The second kappa shape index (κ2) is 6.37. The molecule has 1 amide bonds. The predicted octanol–water partition coefficient (Wildman–Crippen LogP) is 0.556. The van der Waals surface area contributed by atoms with E-state index in [9.17, 15) is 4.79 Å². The quantitative estimate of drug-likeness (QED) is 0.800. The van der Waals surface area contributed by atoms with Gasteiger partial charge in [-0.15, -0.1) is 0 Å². The standard InChI is InChI=1S/C13H19N3O2/c14-6-7-15-12-8-16(9-12)13(17)18-10-11-4-2-1-3-5-11/h1-5,12,15H,6-10,14H2. The summed E-state index contributed by atoms with van der Waals surface area (Å²) in [5, 5.41) is 3.25. The molecule has 2 rings (SSSR count). The average molecular weight is 249 g/mol. The van der Waals surface area contributed by atoms with Gasteiger partial charge in [0, 0.05) is 32.2 Å². The topological polar surface area (TPSA) is 67.6 Å². The lowest BCUT2D eigenvalue weighted by atomic mass is 10.1. The van der Waals surface area contributed by atoms with Crippen molar-refractivity contribution in [2.45, 2.75) is 12.6 Å². The number of benzene rings is 1. The lowest BCUT2D eigenvalue weighted by Gasteiger charge is -2.38. The van der Waals surface area contributed by atoms with Gasteiger partial charge in [-0.3, -0.25) is 0 Å². The van der Waals surface area contributed by atoms with Crippen molar-refractivity contribution in [2.24, 2.45) is 5.73 Å². The number of carbonyl (C=O) groups is 1. The van der Waals surface area contributed by atoms with Gasteiger partial charge in [0.05, 0.1) is 0 Å². The number of rotatable bonds is 5. The first-order valence-corrected chi connectivity index (χ1v) is 6.18. The molecule has 98 valence electrons. The third kappa shape index (κ3) is 3.45. The van der Waals surface area contributed by atoms with Gasteiger partial charge in [0.25, 0.3) is 0 Å². The smallest absolute Gasteiger partial charge is 0.410 e. The monoisotopic (exact) mass is 249 g/mol. The molecule has 1 aromatic rings. The van der Waals surface area contributed by atoms with Crippen molar-refractivity contribution < 1.29 is 9.53 Å². The lowest BCUT2D eigenvalue weighted by Crippen LogP contribution is -2.60. The van der Waals surface area contributed by atoms with Crippen LogP contribution in [0.4, 0.5) is 4.79 Å². The zero-order valence-electron chi connectivity index (χ0n) is 10.3. The van der Waals surface area contributed by atoms with E-state index in [1.165, 1.54) is 0 Å². The molecule has 1 aliphatic rings. The summed E-state index contributed by atoms with van der Waals surface area (Å²) >= 11 is 0. The maximum absolute atomic E-state index is 11.7. The molecule has 1 aliphatic heterocycles. The van der Waals surface area contributed by atoms with E-state index < -0.39 is 0 Å². The van der Waals surface area contributed by atoms with Crippen molar-refractivity contribution >= 4 is 6.09 Å². The highest BCUT2D eigenvalue weighted by Crippen LogP contribution is 2.10. The van der Waals surface area contributed by atoms with E-state index in [1.54, 1.807) is 4.90 Å². The van der Waals surface area contributed by atoms with E-state index in [0.29, 0.717) is 32.3 Å². The van der Waals surface area contributed by atoms with Gasteiger partial charge in [0.2, 0.25) is 0 Å². The molecular formula is C13H19N3O2. The van der Waals surface area contributed by atoms with Crippen LogP contribution < -0.4 is 11.1 Å². The summed E-state index contributed by atoms with van der Waals surface area (Å²) in [6.45, 7) is 3.14. The fraction of sp³-hybridized carbons (Fsp3) is 0.462. The van der Waals surface area contributed by atoms with Crippen molar-refractivity contribution in [3.05, 3.63) is 35.9 Å². The average Bonchev–Trinajstić information content (AvgIpc) is 2.36. The second-order valence-electron chi connectivity index (χ2n) is 4.38. The Hall–Kier alpha value is -1.59. The molecule has 0 aromatic heterocycles. The number of amides is 1. The van der Waals surface area contributed by atoms with Gasteiger partial charge >= 0.3 is 6.09 Å². The third-order valence-electron chi connectivity index (χ3n) is 2.92. The number of hydrogen-bond acceptors (Lipinski definition) is 4. The summed E-state index contributed by atoms with van der Waals surface area (Å²) < 4.78 is 5.22. The minimum Gasteiger partial charge on any atom is -0.445 e.